The highest BCUT2D eigenvalue weighted by atomic mass is 16.5. The van der Waals surface area contributed by atoms with E-state index in [1.165, 1.54) is 84.2 Å². The summed E-state index contributed by atoms with van der Waals surface area (Å²) in [7, 11) is 1.43. The Balaban J connectivity index is 1.74. The topological polar surface area (TPSA) is 43.4 Å². The Labute approximate surface area is 213 Å². The van der Waals surface area contributed by atoms with Gasteiger partial charge in [0.05, 0.1) is 13.0 Å². The summed E-state index contributed by atoms with van der Waals surface area (Å²) in [6, 6.07) is 16.8. The van der Waals surface area contributed by atoms with Gasteiger partial charge in [-0.25, -0.2) is 0 Å². The summed E-state index contributed by atoms with van der Waals surface area (Å²) in [6.45, 7) is 2.27. The third-order valence-electron chi connectivity index (χ3n) is 6.95. The number of hydrogen-bond donors (Lipinski definition) is 0. The first kappa shape index (κ1) is 28.8. The third-order valence-corrected chi connectivity index (χ3v) is 6.95. The average molecular weight is 479 g/mol. The molecule has 1 atom stereocenters. The molecule has 2 aromatic carbocycles. The van der Waals surface area contributed by atoms with Gasteiger partial charge < -0.3 is 4.74 Å². The van der Waals surface area contributed by atoms with Crippen LogP contribution in [0.5, 0.6) is 0 Å². The van der Waals surface area contributed by atoms with Crippen molar-refractivity contribution in [3.63, 3.8) is 0 Å². The normalized spacial score (nSPS) is 11.8. The lowest BCUT2D eigenvalue weighted by molar-refractivity contribution is -0.142. The average Bonchev–Trinajstić information content (AvgIpc) is 2.90. The van der Waals surface area contributed by atoms with E-state index >= 15 is 0 Å². The molecule has 3 nitrogen and oxygen atoms in total. The third kappa shape index (κ3) is 10.8. The van der Waals surface area contributed by atoms with Crippen LogP contribution in [0.4, 0.5) is 0 Å². The number of rotatable bonds is 19. The molecule has 0 aliphatic rings. The molecular formula is C32H46O3. The minimum atomic E-state index is -0.402. The molecule has 0 spiro atoms. The zero-order valence-corrected chi connectivity index (χ0v) is 22.1. The van der Waals surface area contributed by atoms with Crippen LogP contribution < -0.4 is 0 Å². The van der Waals surface area contributed by atoms with E-state index in [9.17, 15) is 9.59 Å². The van der Waals surface area contributed by atoms with Crippen molar-refractivity contribution in [2.24, 2.45) is 0 Å². The second kappa shape index (κ2) is 17.9. The molecule has 0 aromatic heterocycles. The van der Waals surface area contributed by atoms with Crippen molar-refractivity contribution in [1.82, 2.24) is 0 Å². The van der Waals surface area contributed by atoms with Crippen LogP contribution in [0.15, 0.2) is 54.6 Å². The fraction of sp³-hybridized carbons (Fsp3) is 0.562. The van der Waals surface area contributed by atoms with E-state index in [0.717, 1.165) is 18.4 Å². The lowest BCUT2D eigenvalue weighted by atomic mass is 9.87. The van der Waals surface area contributed by atoms with Crippen molar-refractivity contribution in [1.29, 1.82) is 0 Å². The molecule has 0 aliphatic carbocycles. The number of methoxy groups -OCH3 is 1. The quantitative estimate of drug-likeness (QED) is 0.115. The van der Waals surface area contributed by atoms with E-state index in [1.54, 1.807) is 0 Å². The monoisotopic (exact) mass is 478 g/mol. The van der Waals surface area contributed by atoms with Crippen LogP contribution in [0.25, 0.3) is 0 Å². The van der Waals surface area contributed by atoms with Crippen molar-refractivity contribution < 1.29 is 14.3 Å². The zero-order valence-electron chi connectivity index (χ0n) is 22.1. The number of ketones is 1. The van der Waals surface area contributed by atoms with Crippen molar-refractivity contribution in [2.75, 3.05) is 7.11 Å². The Kier molecular flexibility index (Phi) is 14.8. The Morgan fingerprint density at radius 2 is 1.14 bits per heavy atom. The van der Waals surface area contributed by atoms with Gasteiger partial charge in [0.2, 0.25) is 0 Å². The number of ether oxygens (including phenoxy) is 1. The van der Waals surface area contributed by atoms with Crippen LogP contribution in [0.2, 0.25) is 0 Å². The first-order chi connectivity index (χ1) is 17.2. The predicted octanol–water partition coefficient (Wildman–Crippen LogP) is 9.05. The summed E-state index contributed by atoms with van der Waals surface area (Å²) < 4.78 is 5.13. The van der Waals surface area contributed by atoms with Crippen molar-refractivity contribution >= 4 is 11.8 Å². The maximum Gasteiger partial charge on any atom is 0.313 e. The summed E-state index contributed by atoms with van der Waals surface area (Å²) in [5, 5.41) is 0. The van der Waals surface area contributed by atoms with Crippen LogP contribution in [-0.4, -0.2) is 18.9 Å². The number of esters is 1. The molecule has 3 heteroatoms. The molecule has 2 rings (SSSR count). The number of carbonyl (C=O) groups is 2. The maximum atomic E-state index is 13.1. The highest BCUT2D eigenvalue weighted by Crippen LogP contribution is 2.29. The van der Waals surface area contributed by atoms with Gasteiger partial charge in [0.1, 0.15) is 0 Å². The number of benzene rings is 2. The summed E-state index contributed by atoms with van der Waals surface area (Å²) >= 11 is 0. The molecule has 0 aliphatic heterocycles. The fourth-order valence-corrected chi connectivity index (χ4v) is 4.84. The Morgan fingerprint density at radius 3 is 1.69 bits per heavy atom. The van der Waals surface area contributed by atoms with E-state index < -0.39 is 5.92 Å². The van der Waals surface area contributed by atoms with Crippen molar-refractivity contribution in [3.05, 3.63) is 71.3 Å². The first-order valence-electron chi connectivity index (χ1n) is 14.0. The van der Waals surface area contributed by atoms with Crippen LogP contribution in [0.3, 0.4) is 0 Å². The molecule has 0 radical (unpaired) electrons. The molecule has 0 heterocycles. The van der Waals surface area contributed by atoms with Crippen molar-refractivity contribution in [2.45, 2.75) is 109 Å². The van der Waals surface area contributed by atoms with Crippen molar-refractivity contribution in [3.8, 4) is 0 Å². The second-order valence-electron chi connectivity index (χ2n) is 9.74. The minimum absolute atomic E-state index is 0.0453. The molecule has 2 aromatic rings. The molecule has 0 saturated carbocycles. The van der Waals surface area contributed by atoms with Gasteiger partial charge in [-0.1, -0.05) is 151 Å². The maximum absolute atomic E-state index is 13.1. The number of hydrogen-bond acceptors (Lipinski definition) is 3. The smallest absolute Gasteiger partial charge is 0.313 e. The molecule has 0 bridgehead atoms. The van der Waals surface area contributed by atoms with E-state index in [2.05, 4.69) is 6.92 Å². The van der Waals surface area contributed by atoms with Crippen LogP contribution in [0.1, 0.15) is 131 Å². The molecule has 1 unspecified atom stereocenters. The van der Waals surface area contributed by atoms with E-state index in [1.807, 2.05) is 54.6 Å². The van der Waals surface area contributed by atoms with E-state index in [4.69, 9.17) is 4.74 Å². The Morgan fingerprint density at radius 1 is 0.657 bits per heavy atom. The molecule has 192 valence electrons. The van der Waals surface area contributed by atoms with Gasteiger partial charge in [0.25, 0.3) is 0 Å². The molecule has 0 amide bonds. The number of unbranched alkanes of at least 4 members (excludes halogenated alkanes) is 13. The van der Waals surface area contributed by atoms with Crippen LogP contribution in [0, 0.1) is 0 Å². The van der Waals surface area contributed by atoms with Crippen LogP contribution in [-0.2, 0) is 9.53 Å². The minimum Gasteiger partial charge on any atom is -0.469 e. The summed E-state index contributed by atoms with van der Waals surface area (Å²) in [5.41, 5.74) is 2.02. The zero-order chi connectivity index (χ0) is 25.1. The second-order valence-corrected chi connectivity index (χ2v) is 9.74. The predicted molar refractivity (Wildman–Crippen MR) is 146 cm³/mol. The highest BCUT2D eigenvalue weighted by Gasteiger charge is 2.26. The van der Waals surface area contributed by atoms with Gasteiger partial charge in [-0.15, -0.1) is 0 Å². The highest BCUT2D eigenvalue weighted by molar-refractivity contribution is 6.10. The van der Waals surface area contributed by atoms with E-state index in [0.29, 0.717) is 17.5 Å². The molecule has 0 saturated heterocycles. The summed E-state index contributed by atoms with van der Waals surface area (Å²) in [4.78, 5) is 25.8. The molecule has 0 fully saturated rings. The summed E-state index contributed by atoms with van der Waals surface area (Å²) in [5.74, 6) is -0.703. The Bertz CT molecular complexity index is 843. The van der Waals surface area contributed by atoms with Gasteiger partial charge in [-0.3, -0.25) is 9.59 Å². The van der Waals surface area contributed by atoms with E-state index in [-0.39, 0.29) is 11.8 Å². The van der Waals surface area contributed by atoms with Gasteiger partial charge >= 0.3 is 5.97 Å². The number of carbonyl (C=O) groups excluding carboxylic acids is 2. The molecule has 35 heavy (non-hydrogen) atoms. The molecule has 0 N–H and O–H groups in total. The lowest BCUT2D eigenvalue weighted by Gasteiger charge is -2.18. The Hall–Kier alpha value is -2.42. The summed E-state index contributed by atoms with van der Waals surface area (Å²) in [6.07, 6.45) is 19.0. The first-order valence-corrected chi connectivity index (χ1v) is 14.0. The van der Waals surface area contributed by atoms with Gasteiger partial charge in [0.15, 0.2) is 5.78 Å². The SMILES string of the molecule is CCCCCCCCCCCCCCCCC(C(=O)OC)c1ccccc1C(=O)c1ccccc1. The van der Waals surface area contributed by atoms with Crippen LogP contribution >= 0.6 is 0 Å². The largest absolute Gasteiger partial charge is 0.469 e. The van der Waals surface area contributed by atoms with Gasteiger partial charge in [0, 0.05) is 11.1 Å². The molecular weight excluding hydrogens is 432 g/mol. The lowest BCUT2D eigenvalue weighted by Crippen LogP contribution is -2.18. The standard InChI is InChI=1S/C32H46O3/c1-3-4-5-6-7-8-9-10-11-12-13-14-15-19-26-30(32(34)35-2)28-24-20-21-25-29(28)31(33)27-22-17-16-18-23-27/h16-18,20-25,30H,3-15,19,26H2,1-2H3. The van der Waals surface area contributed by atoms with Gasteiger partial charge in [-0.05, 0) is 12.0 Å². The van der Waals surface area contributed by atoms with Gasteiger partial charge in [-0.2, -0.15) is 0 Å². The fourth-order valence-electron chi connectivity index (χ4n) is 4.84.